The minimum absolute atomic E-state index is 0.00691. The maximum Gasteiger partial charge on any atom is 0.198 e. The van der Waals surface area contributed by atoms with E-state index in [9.17, 15) is 30.0 Å². The summed E-state index contributed by atoms with van der Waals surface area (Å²) in [6.45, 7) is 6.97. The lowest BCUT2D eigenvalue weighted by molar-refractivity contribution is 0.323. The molecule has 4 aromatic rings. The number of aryl methyl sites for hydroxylation is 1. The second-order valence-electron chi connectivity index (χ2n) is 10.2. The van der Waals surface area contributed by atoms with Crippen LogP contribution in [0.4, 0.5) is 0 Å². The van der Waals surface area contributed by atoms with Crippen molar-refractivity contribution in [3.63, 3.8) is 0 Å². The number of phenols is 3. The molecular formula is C27H25NO6. The Bertz CT molecular complexity index is 1750. The van der Waals surface area contributed by atoms with Crippen LogP contribution in [0.3, 0.4) is 0 Å². The van der Waals surface area contributed by atoms with Crippen LogP contribution < -0.4 is 16.1 Å². The van der Waals surface area contributed by atoms with Crippen LogP contribution in [0, 0.1) is 6.92 Å². The van der Waals surface area contributed by atoms with Crippen LogP contribution >= 0.6 is 0 Å². The van der Waals surface area contributed by atoms with Crippen molar-refractivity contribution in [3.8, 4) is 17.2 Å². The van der Waals surface area contributed by atoms with Gasteiger partial charge >= 0.3 is 0 Å². The fourth-order valence-electron chi connectivity index (χ4n) is 6.12. The molecule has 7 heteroatoms. The molecule has 6 rings (SSSR count). The van der Waals surface area contributed by atoms with Crippen LogP contribution in [-0.4, -0.2) is 38.4 Å². The fourth-order valence-corrected chi connectivity index (χ4v) is 6.12. The second-order valence-corrected chi connectivity index (χ2v) is 10.2. The first-order valence-corrected chi connectivity index (χ1v) is 11.5. The molecule has 1 aliphatic heterocycles. The van der Waals surface area contributed by atoms with Gasteiger partial charge in [-0.15, -0.1) is 0 Å². The predicted octanol–water partition coefficient (Wildman–Crippen LogP) is 3.00. The summed E-state index contributed by atoms with van der Waals surface area (Å²) in [4.78, 5) is 28.9. The van der Waals surface area contributed by atoms with Crippen LogP contribution in [0.5, 0.6) is 17.2 Å². The molecule has 4 N–H and O–H groups in total. The minimum Gasteiger partial charge on any atom is -0.511 e. The van der Waals surface area contributed by atoms with Crippen molar-refractivity contribution < 1.29 is 20.4 Å². The molecule has 174 valence electrons. The molecule has 0 amide bonds. The van der Waals surface area contributed by atoms with E-state index in [1.807, 2.05) is 0 Å². The highest BCUT2D eigenvalue weighted by Crippen LogP contribution is 2.51. The lowest BCUT2D eigenvalue weighted by Gasteiger charge is -2.32. The first kappa shape index (κ1) is 21.0. The van der Waals surface area contributed by atoms with E-state index in [0.717, 1.165) is 25.9 Å². The fraction of sp³-hybridized carbons (Fsp3) is 0.333. The van der Waals surface area contributed by atoms with Gasteiger partial charge in [-0.05, 0) is 75.3 Å². The Balaban J connectivity index is 1.97. The lowest BCUT2D eigenvalue weighted by atomic mass is 9.72. The van der Waals surface area contributed by atoms with E-state index >= 15 is 0 Å². The topological polar surface area (TPSA) is 118 Å². The van der Waals surface area contributed by atoms with E-state index in [1.165, 1.54) is 6.07 Å². The number of hydrogen-bond acceptors (Lipinski definition) is 7. The molecule has 0 bridgehead atoms. The highest BCUT2D eigenvalue weighted by molar-refractivity contribution is 6.29. The monoisotopic (exact) mass is 459 g/mol. The zero-order chi connectivity index (χ0) is 24.3. The molecule has 4 aromatic carbocycles. The van der Waals surface area contributed by atoms with E-state index in [1.54, 1.807) is 26.8 Å². The highest BCUT2D eigenvalue weighted by Gasteiger charge is 2.38. The summed E-state index contributed by atoms with van der Waals surface area (Å²) in [5.74, 6) is -1.07. The Morgan fingerprint density at radius 2 is 1.53 bits per heavy atom. The normalized spacial score (nSPS) is 17.7. The van der Waals surface area contributed by atoms with E-state index in [-0.39, 0.29) is 50.7 Å². The maximum absolute atomic E-state index is 13.8. The number of rotatable bonds is 2. The number of aliphatic hydroxyl groups excluding tert-OH is 1. The van der Waals surface area contributed by atoms with Crippen molar-refractivity contribution in [1.29, 1.82) is 0 Å². The molecule has 1 fully saturated rings. The Labute approximate surface area is 194 Å². The van der Waals surface area contributed by atoms with Gasteiger partial charge in [0.1, 0.15) is 23.0 Å². The Morgan fingerprint density at radius 3 is 2.21 bits per heavy atom. The molecule has 1 heterocycles. The maximum atomic E-state index is 13.8. The smallest absolute Gasteiger partial charge is 0.198 e. The van der Waals surface area contributed by atoms with E-state index < -0.39 is 22.0 Å². The summed E-state index contributed by atoms with van der Waals surface area (Å²) in [5, 5.41) is 46.5. The van der Waals surface area contributed by atoms with Gasteiger partial charge < -0.3 is 20.4 Å². The molecule has 0 spiro atoms. The average Bonchev–Trinajstić information content (AvgIpc) is 3.27. The number of hydrogen-bond donors (Lipinski definition) is 4. The molecule has 1 saturated heterocycles. The van der Waals surface area contributed by atoms with Crippen molar-refractivity contribution in [1.82, 2.24) is 4.90 Å². The van der Waals surface area contributed by atoms with Crippen molar-refractivity contribution in [3.05, 3.63) is 54.5 Å². The molecule has 7 nitrogen and oxygen atoms in total. The number of likely N-dealkylation sites (tertiary alicyclic amines) is 1. The van der Waals surface area contributed by atoms with Gasteiger partial charge in [-0.2, -0.15) is 0 Å². The van der Waals surface area contributed by atoms with Gasteiger partial charge in [-0.1, -0.05) is 0 Å². The van der Waals surface area contributed by atoms with Gasteiger partial charge in [-0.25, -0.2) is 0 Å². The third kappa shape index (κ3) is 2.35. The zero-order valence-electron chi connectivity index (χ0n) is 19.2. The summed E-state index contributed by atoms with van der Waals surface area (Å²) < 4.78 is 0. The lowest BCUT2D eigenvalue weighted by Crippen LogP contribution is -2.40. The number of aliphatic hydroxyl groups is 1. The van der Waals surface area contributed by atoms with Gasteiger partial charge in [-0.3, -0.25) is 14.5 Å². The minimum atomic E-state index is -1.05. The summed E-state index contributed by atoms with van der Waals surface area (Å²) in [7, 11) is 0. The van der Waals surface area contributed by atoms with Gasteiger partial charge in [0, 0.05) is 28.1 Å². The molecule has 0 atom stereocenters. The van der Waals surface area contributed by atoms with Crippen molar-refractivity contribution in [2.24, 2.45) is 0 Å². The van der Waals surface area contributed by atoms with E-state index in [0.29, 0.717) is 27.3 Å². The summed E-state index contributed by atoms with van der Waals surface area (Å²) in [6, 6.07) is 2.90. The van der Waals surface area contributed by atoms with Crippen LogP contribution in [0.15, 0.2) is 21.7 Å². The summed E-state index contributed by atoms with van der Waals surface area (Å²) in [5.41, 5.74) is -0.809. The Morgan fingerprint density at radius 1 is 0.853 bits per heavy atom. The third-order valence-electron chi connectivity index (χ3n) is 7.87. The second kappa shape index (κ2) is 6.51. The molecular weight excluding hydrogens is 434 g/mol. The largest absolute Gasteiger partial charge is 0.511 e. The molecule has 34 heavy (non-hydrogen) atoms. The van der Waals surface area contributed by atoms with Crippen molar-refractivity contribution in [2.45, 2.75) is 45.6 Å². The van der Waals surface area contributed by atoms with Crippen LogP contribution in [0.1, 0.15) is 43.4 Å². The van der Waals surface area contributed by atoms with Crippen LogP contribution in [-0.2, 0) is 12.0 Å². The van der Waals surface area contributed by atoms with E-state index in [4.69, 9.17) is 0 Å². The zero-order valence-corrected chi connectivity index (χ0v) is 19.2. The number of benzene rings is 4. The first-order chi connectivity index (χ1) is 16.1. The standard InChI is InChI=1S/C27H25NO6/c1-11-8-14(29)18-19-16(11)15(30)9-13-17(19)20-21(25(18)33)23(31)12(10-28-6-4-5-7-28)24(32)22(20)26(34)27(13,2)3/h8-9,30-31,33-34H,4-7,10H2,1-3H3. The molecule has 0 saturated carbocycles. The molecule has 1 aliphatic carbocycles. The van der Waals surface area contributed by atoms with E-state index in [2.05, 4.69) is 4.90 Å². The first-order valence-electron chi connectivity index (χ1n) is 11.5. The van der Waals surface area contributed by atoms with Gasteiger partial charge in [0.05, 0.1) is 21.6 Å². The van der Waals surface area contributed by atoms with Gasteiger partial charge in [0.15, 0.2) is 10.9 Å². The number of phenolic OH excluding ortho intramolecular Hbond substituents is 3. The average molecular weight is 459 g/mol. The van der Waals surface area contributed by atoms with Gasteiger partial charge in [0.2, 0.25) is 0 Å². The van der Waals surface area contributed by atoms with Crippen molar-refractivity contribution >= 4 is 38.1 Å². The predicted molar refractivity (Wildman–Crippen MR) is 131 cm³/mol. The Kier molecular flexibility index (Phi) is 4.02. The Hall–Kier alpha value is -3.58. The summed E-state index contributed by atoms with van der Waals surface area (Å²) >= 11 is 0. The quantitative estimate of drug-likeness (QED) is 0.269. The molecule has 2 aliphatic rings. The van der Waals surface area contributed by atoms with Crippen LogP contribution in [0.2, 0.25) is 0 Å². The van der Waals surface area contributed by atoms with Gasteiger partial charge in [0.25, 0.3) is 0 Å². The van der Waals surface area contributed by atoms with Crippen molar-refractivity contribution in [2.75, 3.05) is 13.1 Å². The number of aromatic hydroxyl groups is 3. The molecule has 0 aromatic heterocycles. The molecule has 0 radical (unpaired) electrons. The summed E-state index contributed by atoms with van der Waals surface area (Å²) in [6.07, 6.45) is 1.99. The number of nitrogens with zero attached hydrogens (tertiary/aromatic N) is 1. The third-order valence-corrected chi connectivity index (χ3v) is 7.87. The van der Waals surface area contributed by atoms with Crippen LogP contribution in [0.25, 0.3) is 38.1 Å². The molecule has 0 unspecified atom stereocenters. The highest BCUT2D eigenvalue weighted by atomic mass is 16.3. The SMILES string of the molecule is Cc1cc(=O)c2c(O)c3c(O)c(CN4CCCC4)c(=O)c4c3c3c(cc(O)c1c23)C(C)(C)C=4O.